The quantitative estimate of drug-likeness (QED) is 0.709. The number of benzene rings is 1. The van der Waals surface area contributed by atoms with E-state index in [1.807, 2.05) is 5.38 Å². The van der Waals surface area contributed by atoms with Crippen molar-refractivity contribution < 1.29 is 19.4 Å². The summed E-state index contributed by atoms with van der Waals surface area (Å²) >= 11 is 1.35. The van der Waals surface area contributed by atoms with Crippen LogP contribution in [-0.4, -0.2) is 39.6 Å². The van der Waals surface area contributed by atoms with Gasteiger partial charge in [-0.25, -0.2) is 14.8 Å². The predicted molar refractivity (Wildman–Crippen MR) is 88.2 cm³/mol. The smallest absolute Gasteiger partial charge is 0.346 e. The molecule has 0 bridgehead atoms. The van der Waals surface area contributed by atoms with E-state index in [9.17, 15) is 14.7 Å². The molecule has 2 heterocycles. The minimum absolute atomic E-state index is 0.181. The van der Waals surface area contributed by atoms with Gasteiger partial charge >= 0.3 is 5.97 Å². The lowest BCUT2D eigenvalue weighted by molar-refractivity contribution is -0.144. The van der Waals surface area contributed by atoms with Crippen molar-refractivity contribution in [1.82, 2.24) is 15.3 Å². The first-order chi connectivity index (χ1) is 11.6. The number of carboxylic acids is 1. The van der Waals surface area contributed by atoms with E-state index in [4.69, 9.17) is 4.74 Å². The molecule has 1 aromatic carbocycles. The molecule has 3 rings (SSSR count). The second-order valence-corrected chi connectivity index (χ2v) is 5.74. The molecule has 1 atom stereocenters. The number of carbonyl (C=O) groups is 2. The van der Waals surface area contributed by atoms with Gasteiger partial charge in [-0.15, -0.1) is 11.3 Å². The van der Waals surface area contributed by atoms with Gasteiger partial charge in [-0.3, -0.25) is 4.79 Å². The molecule has 0 saturated carbocycles. The van der Waals surface area contributed by atoms with Crippen LogP contribution in [0.3, 0.4) is 0 Å². The van der Waals surface area contributed by atoms with Crippen LogP contribution in [0.4, 0.5) is 0 Å². The number of nitrogens with zero attached hydrogens (tertiary/aromatic N) is 2. The molecule has 0 saturated heterocycles. The van der Waals surface area contributed by atoms with Crippen molar-refractivity contribution in [2.75, 3.05) is 6.54 Å². The largest absolute Gasteiger partial charge is 0.478 e. The van der Waals surface area contributed by atoms with Gasteiger partial charge in [0.2, 0.25) is 6.10 Å². The topological polar surface area (TPSA) is 101 Å². The number of ether oxygens (including phenoxy) is 1. The van der Waals surface area contributed by atoms with Crippen LogP contribution in [-0.2, 0) is 4.79 Å². The Morgan fingerprint density at radius 1 is 1.21 bits per heavy atom. The molecule has 3 aromatic rings. The average molecular weight is 343 g/mol. The Hall–Kier alpha value is -3.00. The summed E-state index contributed by atoms with van der Waals surface area (Å²) in [6.07, 6.45) is 0.107. The first-order valence-corrected chi connectivity index (χ1v) is 7.94. The minimum atomic E-state index is -1.20. The fourth-order valence-electron chi connectivity index (χ4n) is 2.06. The molecule has 1 unspecified atom stereocenters. The monoisotopic (exact) mass is 343 g/mol. The number of hydrogen-bond donors (Lipinski definition) is 2. The van der Waals surface area contributed by atoms with Gasteiger partial charge in [0.25, 0.3) is 5.91 Å². The van der Waals surface area contributed by atoms with Crippen LogP contribution < -0.4 is 10.1 Å². The van der Waals surface area contributed by atoms with E-state index in [0.717, 1.165) is 0 Å². The van der Waals surface area contributed by atoms with E-state index in [-0.39, 0.29) is 12.2 Å². The number of carboxylic acid groups (broad SMARTS) is 1. The van der Waals surface area contributed by atoms with E-state index in [2.05, 4.69) is 15.3 Å². The molecule has 24 heavy (non-hydrogen) atoms. The third kappa shape index (κ3) is 3.49. The highest BCUT2D eigenvalue weighted by Gasteiger charge is 2.22. The van der Waals surface area contributed by atoms with Crippen LogP contribution in [0.15, 0.2) is 48.1 Å². The third-order valence-corrected chi connectivity index (χ3v) is 4.11. The summed E-state index contributed by atoms with van der Waals surface area (Å²) in [5.41, 5.74) is 0.898. The van der Waals surface area contributed by atoms with Crippen LogP contribution in [0.2, 0.25) is 0 Å². The number of para-hydroxylation sites is 1. The van der Waals surface area contributed by atoms with Crippen molar-refractivity contribution in [3.8, 4) is 5.75 Å². The second-order valence-electron chi connectivity index (χ2n) is 4.83. The molecule has 2 N–H and O–H groups in total. The maximum Gasteiger partial charge on any atom is 0.346 e. The number of aliphatic carboxylic acids is 1. The Bertz CT molecular complexity index is 866. The van der Waals surface area contributed by atoms with Crippen molar-refractivity contribution in [1.29, 1.82) is 0 Å². The van der Waals surface area contributed by atoms with Crippen LogP contribution in [0.25, 0.3) is 10.2 Å². The Labute approximate surface area is 140 Å². The normalized spacial score (nSPS) is 11.8. The SMILES string of the molecule is O=C(NCC(Oc1ccccc1)C(=O)O)c1ncnc2ccsc12. The number of nitrogens with one attached hydrogen (secondary N) is 1. The summed E-state index contributed by atoms with van der Waals surface area (Å²) < 4.78 is 6.05. The number of carbonyl (C=O) groups excluding carboxylic acids is 1. The summed E-state index contributed by atoms with van der Waals surface area (Å²) in [6.45, 7) is -0.181. The number of fused-ring (bicyclic) bond motifs is 1. The van der Waals surface area contributed by atoms with Gasteiger partial charge in [-0.1, -0.05) is 18.2 Å². The standard InChI is InChI=1S/C16H13N3O4S/c20-15(13-14-11(6-7-24-14)18-9-19-13)17-8-12(16(21)22)23-10-4-2-1-3-5-10/h1-7,9,12H,8H2,(H,17,20)(H,21,22). The first-order valence-electron chi connectivity index (χ1n) is 7.06. The van der Waals surface area contributed by atoms with Crippen LogP contribution in [0.1, 0.15) is 10.5 Å². The average Bonchev–Trinajstić information content (AvgIpc) is 3.07. The summed E-state index contributed by atoms with van der Waals surface area (Å²) in [5, 5.41) is 13.6. The zero-order valence-electron chi connectivity index (χ0n) is 12.4. The minimum Gasteiger partial charge on any atom is -0.478 e. The van der Waals surface area contributed by atoms with Crippen molar-refractivity contribution in [2.24, 2.45) is 0 Å². The van der Waals surface area contributed by atoms with Gasteiger partial charge in [-0.2, -0.15) is 0 Å². The molecule has 7 nitrogen and oxygen atoms in total. The van der Waals surface area contributed by atoms with Crippen molar-refractivity contribution in [2.45, 2.75) is 6.10 Å². The van der Waals surface area contributed by atoms with E-state index in [1.54, 1.807) is 36.4 Å². The van der Waals surface area contributed by atoms with E-state index in [0.29, 0.717) is 16.0 Å². The van der Waals surface area contributed by atoms with E-state index in [1.165, 1.54) is 17.7 Å². The lowest BCUT2D eigenvalue weighted by atomic mass is 10.3. The highest BCUT2D eigenvalue weighted by Crippen LogP contribution is 2.20. The Morgan fingerprint density at radius 2 is 2.00 bits per heavy atom. The zero-order valence-corrected chi connectivity index (χ0v) is 13.2. The second kappa shape index (κ2) is 7.05. The number of thiophene rings is 1. The molecule has 0 radical (unpaired) electrons. The molecule has 1 amide bonds. The zero-order chi connectivity index (χ0) is 16.9. The molecule has 122 valence electrons. The summed E-state index contributed by atoms with van der Waals surface area (Å²) in [7, 11) is 0. The van der Waals surface area contributed by atoms with Crippen molar-refractivity contribution >= 4 is 33.4 Å². The molecule has 0 aliphatic rings. The molecular weight excluding hydrogens is 330 g/mol. The number of amides is 1. The van der Waals surface area contributed by atoms with Crippen molar-refractivity contribution in [3.05, 3.63) is 53.8 Å². The third-order valence-electron chi connectivity index (χ3n) is 3.20. The highest BCUT2D eigenvalue weighted by molar-refractivity contribution is 7.17. The van der Waals surface area contributed by atoms with Gasteiger partial charge in [0.05, 0.1) is 16.8 Å². The Balaban J connectivity index is 1.69. The van der Waals surface area contributed by atoms with Crippen LogP contribution in [0.5, 0.6) is 5.75 Å². The van der Waals surface area contributed by atoms with Gasteiger partial charge < -0.3 is 15.2 Å². The molecule has 0 aliphatic carbocycles. The molecule has 0 aliphatic heterocycles. The lowest BCUT2D eigenvalue weighted by Gasteiger charge is -2.15. The highest BCUT2D eigenvalue weighted by atomic mass is 32.1. The summed E-state index contributed by atoms with van der Waals surface area (Å²) in [6, 6.07) is 10.4. The molecule has 2 aromatic heterocycles. The van der Waals surface area contributed by atoms with Crippen molar-refractivity contribution in [3.63, 3.8) is 0 Å². The van der Waals surface area contributed by atoms with Gasteiger partial charge in [0.15, 0.2) is 0 Å². The number of rotatable bonds is 6. The number of aromatic nitrogens is 2. The predicted octanol–water partition coefficient (Wildman–Crippen LogP) is 1.95. The van der Waals surface area contributed by atoms with E-state index >= 15 is 0 Å². The number of hydrogen-bond acceptors (Lipinski definition) is 6. The fraction of sp³-hybridized carbons (Fsp3) is 0.125. The first kappa shape index (κ1) is 15.9. The Morgan fingerprint density at radius 3 is 2.75 bits per heavy atom. The van der Waals surface area contributed by atoms with Crippen LogP contribution >= 0.6 is 11.3 Å². The van der Waals surface area contributed by atoms with Gasteiger partial charge in [0, 0.05) is 0 Å². The molecule has 8 heteroatoms. The van der Waals surface area contributed by atoms with Gasteiger partial charge in [0.1, 0.15) is 17.8 Å². The summed E-state index contributed by atoms with van der Waals surface area (Å²) in [4.78, 5) is 31.7. The summed E-state index contributed by atoms with van der Waals surface area (Å²) in [5.74, 6) is -1.21. The Kier molecular flexibility index (Phi) is 4.66. The molecule has 0 fully saturated rings. The fourth-order valence-corrected chi connectivity index (χ4v) is 2.89. The molecule has 0 spiro atoms. The van der Waals surface area contributed by atoms with Crippen LogP contribution in [0, 0.1) is 0 Å². The van der Waals surface area contributed by atoms with E-state index < -0.39 is 18.0 Å². The lowest BCUT2D eigenvalue weighted by Crippen LogP contribution is -2.40. The molecular formula is C16H13N3O4S. The maximum atomic E-state index is 12.3. The maximum absolute atomic E-state index is 12.3. The van der Waals surface area contributed by atoms with Gasteiger partial charge in [-0.05, 0) is 23.6 Å².